The number of nitrogen functional groups attached to an aromatic ring is 1. The van der Waals surface area contributed by atoms with Crippen LogP contribution in [-0.2, 0) is 9.59 Å². The Morgan fingerprint density at radius 3 is 2.24 bits per heavy atom. The van der Waals surface area contributed by atoms with Gasteiger partial charge in [-0.1, -0.05) is 32.0 Å². The van der Waals surface area contributed by atoms with Gasteiger partial charge in [0.15, 0.2) is 0 Å². The Balaban J connectivity index is 2.39. The van der Waals surface area contributed by atoms with Crippen LogP contribution in [0.15, 0.2) is 66.4 Å². The third kappa shape index (κ3) is 6.11. The van der Waals surface area contributed by atoms with Crippen molar-refractivity contribution in [1.29, 1.82) is 5.26 Å². The number of benzene rings is 2. The van der Waals surface area contributed by atoms with Gasteiger partial charge < -0.3 is 21.1 Å². The Kier molecular flexibility index (Phi) is 7.38. The summed E-state index contributed by atoms with van der Waals surface area (Å²) in [7, 11) is 0. The first-order chi connectivity index (χ1) is 13.8. The summed E-state index contributed by atoms with van der Waals surface area (Å²) in [4.78, 5) is 25.7. The van der Waals surface area contributed by atoms with Crippen molar-refractivity contribution in [3.05, 3.63) is 66.4 Å². The SMILES string of the molecule is CC(C)CC(NC(=O)/C(C#N)=C\N(c1ccccc1)c1ccc(N)cc1)C(=O)O. The lowest BCUT2D eigenvalue weighted by molar-refractivity contribution is -0.141. The molecule has 0 fully saturated rings. The number of carboxylic acid groups (broad SMARTS) is 1. The van der Waals surface area contributed by atoms with Crippen LogP contribution in [0.1, 0.15) is 20.3 Å². The molecule has 1 amide bonds. The monoisotopic (exact) mass is 392 g/mol. The van der Waals surface area contributed by atoms with Crippen LogP contribution in [-0.4, -0.2) is 23.0 Å². The summed E-state index contributed by atoms with van der Waals surface area (Å²) >= 11 is 0. The largest absolute Gasteiger partial charge is 0.480 e. The highest BCUT2D eigenvalue weighted by Crippen LogP contribution is 2.27. The fourth-order valence-electron chi connectivity index (χ4n) is 2.72. The molecule has 0 heterocycles. The predicted octanol–water partition coefficient (Wildman–Crippen LogP) is 3.43. The molecule has 0 saturated heterocycles. The van der Waals surface area contributed by atoms with Crippen molar-refractivity contribution in [2.24, 2.45) is 5.92 Å². The summed E-state index contributed by atoms with van der Waals surface area (Å²) in [6.07, 6.45) is 1.66. The molecule has 0 aromatic heterocycles. The summed E-state index contributed by atoms with van der Waals surface area (Å²) in [6, 6.07) is 17.0. The van der Waals surface area contributed by atoms with E-state index >= 15 is 0 Å². The first-order valence-corrected chi connectivity index (χ1v) is 9.17. The molecule has 7 nitrogen and oxygen atoms in total. The number of hydrogen-bond donors (Lipinski definition) is 3. The number of para-hydroxylation sites is 1. The van der Waals surface area contributed by atoms with Crippen LogP contribution >= 0.6 is 0 Å². The second-order valence-electron chi connectivity index (χ2n) is 6.95. The molecule has 0 bridgehead atoms. The molecule has 2 rings (SSSR count). The van der Waals surface area contributed by atoms with Gasteiger partial charge in [-0.25, -0.2) is 4.79 Å². The van der Waals surface area contributed by atoms with Gasteiger partial charge in [0.2, 0.25) is 0 Å². The Hall–Kier alpha value is -3.79. The van der Waals surface area contributed by atoms with E-state index in [2.05, 4.69) is 5.32 Å². The first-order valence-electron chi connectivity index (χ1n) is 9.17. The fraction of sp³-hybridized carbons (Fsp3) is 0.227. The fourth-order valence-corrected chi connectivity index (χ4v) is 2.72. The minimum absolute atomic E-state index is 0.0708. The maximum atomic E-state index is 12.6. The number of nitrogens with one attached hydrogen (secondary N) is 1. The number of nitrogens with two attached hydrogens (primary N) is 1. The van der Waals surface area contributed by atoms with Gasteiger partial charge in [-0.3, -0.25) is 4.79 Å². The number of rotatable bonds is 8. The Labute approximate surface area is 170 Å². The van der Waals surface area contributed by atoms with Gasteiger partial charge in [0, 0.05) is 23.3 Å². The smallest absolute Gasteiger partial charge is 0.326 e. The molecule has 2 aromatic rings. The van der Waals surface area contributed by atoms with Gasteiger partial charge in [0.25, 0.3) is 5.91 Å². The highest BCUT2D eigenvalue weighted by Gasteiger charge is 2.23. The van der Waals surface area contributed by atoms with Crippen LogP contribution < -0.4 is 16.0 Å². The summed E-state index contributed by atoms with van der Waals surface area (Å²) < 4.78 is 0. The van der Waals surface area contributed by atoms with Gasteiger partial charge in [0.1, 0.15) is 17.7 Å². The van der Waals surface area contributed by atoms with E-state index in [1.807, 2.05) is 50.2 Å². The van der Waals surface area contributed by atoms with Crippen LogP contribution in [0, 0.1) is 17.2 Å². The molecule has 0 aliphatic heterocycles. The van der Waals surface area contributed by atoms with E-state index in [0.717, 1.165) is 5.69 Å². The molecule has 0 saturated carbocycles. The molecule has 150 valence electrons. The molecule has 4 N–H and O–H groups in total. The standard InChI is InChI=1S/C22H24N4O3/c1-15(2)12-20(22(28)29)25-21(27)16(13-23)14-26(18-6-4-3-5-7-18)19-10-8-17(24)9-11-19/h3-11,14-15,20H,12,24H2,1-2H3,(H,25,27)(H,28,29)/b16-14-. The number of hydrogen-bond acceptors (Lipinski definition) is 5. The molecular formula is C22H24N4O3. The third-order valence-corrected chi connectivity index (χ3v) is 4.14. The quantitative estimate of drug-likeness (QED) is 0.360. The van der Waals surface area contributed by atoms with Gasteiger partial charge in [-0.2, -0.15) is 5.26 Å². The van der Waals surface area contributed by atoms with E-state index in [4.69, 9.17) is 5.73 Å². The highest BCUT2D eigenvalue weighted by atomic mass is 16.4. The van der Waals surface area contributed by atoms with Crippen molar-refractivity contribution >= 4 is 28.9 Å². The van der Waals surface area contributed by atoms with Crippen LogP contribution in [0.3, 0.4) is 0 Å². The van der Waals surface area contributed by atoms with E-state index in [-0.39, 0.29) is 17.9 Å². The van der Waals surface area contributed by atoms with E-state index in [1.165, 1.54) is 6.20 Å². The number of aliphatic carboxylic acids is 1. The van der Waals surface area contributed by atoms with Crippen LogP contribution in [0.2, 0.25) is 0 Å². The molecule has 0 radical (unpaired) electrons. The summed E-state index contributed by atoms with van der Waals surface area (Å²) in [6.45, 7) is 3.72. The lowest BCUT2D eigenvalue weighted by atomic mass is 10.0. The Bertz CT molecular complexity index is 915. The molecule has 0 spiro atoms. The average molecular weight is 392 g/mol. The number of nitrogens with zero attached hydrogens (tertiary/aromatic N) is 2. The number of carbonyl (C=O) groups excluding carboxylic acids is 1. The second kappa shape index (κ2) is 9.95. The van der Waals surface area contributed by atoms with Crippen molar-refractivity contribution in [3.63, 3.8) is 0 Å². The van der Waals surface area contributed by atoms with Crippen molar-refractivity contribution in [3.8, 4) is 6.07 Å². The summed E-state index contributed by atoms with van der Waals surface area (Å²) in [5.41, 5.74) is 7.56. The van der Waals surface area contributed by atoms with Crippen molar-refractivity contribution in [2.45, 2.75) is 26.3 Å². The zero-order valence-corrected chi connectivity index (χ0v) is 16.4. The van der Waals surface area contributed by atoms with E-state index in [9.17, 15) is 20.0 Å². The average Bonchev–Trinajstić information content (AvgIpc) is 2.69. The van der Waals surface area contributed by atoms with Gasteiger partial charge >= 0.3 is 5.97 Å². The number of carbonyl (C=O) groups is 2. The number of carboxylic acids is 1. The van der Waals surface area contributed by atoms with Gasteiger partial charge in [-0.15, -0.1) is 0 Å². The maximum absolute atomic E-state index is 12.6. The third-order valence-electron chi connectivity index (χ3n) is 4.14. The minimum Gasteiger partial charge on any atom is -0.480 e. The van der Waals surface area contributed by atoms with E-state index < -0.39 is 17.9 Å². The molecule has 0 aliphatic carbocycles. The molecule has 1 atom stereocenters. The molecule has 7 heteroatoms. The molecular weight excluding hydrogens is 368 g/mol. The van der Waals surface area contributed by atoms with Crippen LogP contribution in [0.5, 0.6) is 0 Å². The molecule has 1 unspecified atom stereocenters. The lowest BCUT2D eigenvalue weighted by Gasteiger charge is -2.22. The Morgan fingerprint density at radius 2 is 1.72 bits per heavy atom. The second-order valence-corrected chi connectivity index (χ2v) is 6.95. The van der Waals surface area contributed by atoms with Crippen molar-refractivity contribution in [1.82, 2.24) is 5.32 Å². The zero-order valence-electron chi connectivity index (χ0n) is 16.4. The molecule has 29 heavy (non-hydrogen) atoms. The summed E-state index contributed by atoms with van der Waals surface area (Å²) in [5.74, 6) is -1.80. The van der Waals surface area contributed by atoms with Gasteiger partial charge in [0.05, 0.1) is 0 Å². The lowest BCUT2D eigenvalue weighted by Crippen LogP contribution is -2.42. The number of nitriles is 1. The number of amides is 1. The van der Waals surface area contributed by atoms with Crippen molar-refractivity contribution < 1.29 is 14.7 Å². The predicted molar refractivity (Wildman–Crippen MR) is 112 cm³/mol. The highest BCUT2D eigenvalue weighted by molar-refractivity contribution is 6.00. The topological polar surface area (TPSA) is 119 Å². The van der Waals surface area contributed by atoms with Crippen LogP contribution in [0.25, 0.3) is 0 Å². The van der Waals surface area contributed by atoms with E-state index in [1.54, 1.807) is 29.2 Å². The minimum atomic E-state index is -1.14. The van der Waals surface area contributed by atoms with Gasteiger partial charge in [-0.05, 0) is 48.7 Å². The Morgan fingerprint density at radius 1 is 1.14 bits per heavy atom. The zero-order chi connectivity index (χ0) is 21.4. The molecule has 2 aromatic carbocycles. The molecule has 0 aliphatic rings. The first kappa shape index (κ1) is 21.5. The van der Waals surface area contributed by atoms with Crippen LogP contribution in [0.4, 0.5) is 17.1 Å². The normalized spacial score (nSPS) is 12.1. The number of anilines is 3. The maximum Gasteiger partial charge on any atom is 0.326 e. The summed E-state index contributed by atoms with van der Waals surface area (Å²) in [5, 5.41) is 21.3. The van der Waals surface area contributed by atoms with Crippen molar-refractivity contribution in [2.75, 3.05) is 10.6 Å². The van der Waals surface area contributed by atoms with E-state index in [0.29, 0.717) is 11.4 Å².